The second-order valence-electron chi connectivity index (χ2n) is 9.30. The Bertz CT molecular complexity index is 1200. The molecule has 1 unspecified atom stereocenters. The van der Waals surface area contributed by atoms with Gasteiger partial charge in [-0.15, -0.1) is 0 Å². The van der Waals surface area contributed by atoms with E-state index in [4.69, 9.17) is 9.72 Å². The number of para-hydroxylation sites is 1. The lowest BCUT2D eigenvalue weighted by Crippen LogP contribution is -2.40. The van der Waals surface area contributed by atoms with Crippen LogP contribution in [0.1, 0.15) is 63.7 Å². The van der Waals surface area contributed by atoms with E-state index in [1.807, 2.05) is 54.3 Å². The largest absolute Gasteiger partial charge is 0.383 e. The summed E-state index contributed by atoms with van der Waals surface area (Å²) in [6.45, 7) is 2.94. The molecule has 0 saturated heterocycles. The average Bonchev–Trinajstić information content (AvgIpc) is 3.40. The van der Waals surface area contributed by atoms with Gasteiger partial charge in [0, 0.05) is 24.5 Å². The Morgan fingerprint density at radius 2 is 1.89 bits per heavy atom. The zero-order chi connectivity index (χ0) is 24.8. The lowest BCUT2D eigenvalue weighted by atomic mass is 10.0. The molecule has 1 aliphatic rings. The summed E-state index contributed by atoms with van der Waals surface area (Å²) in [5.41, 5.74) is 1.25. The van der Waals surface area contributed by atoms with E-state index in [-0.39, 0.29) is 17.5 Å². The van der Waals surface area contributed by atoms with Crippen molar-refractivity contribution in [2.75, 3.05) is 20.3 Å². The fourth-order valence-corrected chi connectivity index (χ4v) is 5.43. The molecular weight excluding hydrogens is 506 g/mol. The first kappa shape index (κ1) is 25.6. The molecule has 6 nitrogen and oxygen atoms in total. The highest BCUT2D eigenvalue weighted by Gasteiger charge is 2.29. The molecule has 1 aliphatic carbocycles. The van der Waals surface area contributed by atoms with Gasteiger partial charge in [-0.1, -0.05) is 60.7 Å². The third kappa shape index (κ3) is 5.84. The van der Waals surface area contributed by atoms with E-state index in [1.54, 1.807) is 17.7 Å². The fourth-order valence-electron chi connectivity index (χ4n) is 5.17. The van der Waals surface area contributed by atoms with E-state index in [2.05, 4.69) is 15.9 Å². The normalized spacial score (nSPS) is 14.9. The highest BCUT2D eigenvalue weighted by Crippen LogP contribution is 2.31. The minimum Gasteiger partial charge on any atom is -0.383 e. The molecule has 1 saturated carbocycles. The molecule has 1 fully saturated rings. The average molecular weight is 541 g/mol. The summed E-state index contributed by atoms with van der Waals surface area (Å²) in [5, 5.41) is 0.560. The molecule has 0 radical (unpaired) electrons. The van der Waals surface area contributed by atoms with Crippen LogP contribution in [-0.2, 0) is 9.53 Å². The number of ether oxygens (including phenoxy) is 1. The van der Waals surface area contributed by atoms with Crippen LogP contribution in [0.4, 0.5) is 0 Å². The third-order valence-electron chi connectivity index (χ3n) is 7.05. The first-order chi connectivity index (χ1) is 17.0. The molecule has 7 heteroatoms. The highest BCUT2D eigenvalue weighted by atomic mass is 79.9. The maximum absolute atomic E-state index is 13.7. The molecule has 1 aromatic heterocycles. The van der Waals surface area contributed by atoms with Crippen LogP contribution in [0, 0.1) is 5.92 Å². The van der Waals surface area contributed by atoms with Gasteiger partial charge >= 0.3 is 0 Å². The van der Waals surface area contributed by atoms with Crippen LogP contribution < -0.4 is 5.56 Å². The van der Waals surface area contributed by atoms with Gasteiger partial charge in [0.25, 0.3) is 5.56 Å². The van der Waals surface area contributed by atoms with Crippen LogP contribution in [0.15, 0.2) is 57.8 Å². The standard InChI is InChI=1S/C28H34BrN3O3/c1-3-25(31(18-19-35-2)26(33)17-12-20-8-4-5-9-20)27-30-24-11-7-6-10-23(24)28(34)32(27)22-15-13-21(29)14-16-22/h6-7,10-11,13-16,20,25H,3-5,8-9,12,17-19H2,1-2H3. The number of nitrogens with zero attached hydrogens (tertiary/aromatic N) is 3. The van der Waals surface area contributed by atoms with E-state index in [9.17, 15) is 9.59 Å². The van der Waals surface area contributed by atoms with Crippen LogP contribution in [0.3, 0.4) is 0 Å². The number of carbonyl (C=O) groups excluding carboxylic acids is 1. The Labute approximate surface area is 215 Å². The first-order valence-corrected chi connectivity index (χ1v) is 13.4. The molecule has 1 amide bonds. The number of hydrogen-bond acceptors (Lipinski definition) is 4. The second-order valence-corrected chi connectivity index (χ2v) is 10.2. The minimum absolute atomic E-state index is 0.102. The van der Waals surface area contributed by atoms with E-state index in [0.29, 0.717) is 48.6 Å². The van der Waals surface area contributed by atoms with Crippen molar-refractivity contribution in [2.24, 2.45) is 5.92 Å². The van der Waals surface area contributed by atoms with Gasteiger partial charge in [-0.3, -0.25) is 14.2 Å². The molecular formula is C28H34BrN3O3. The number of hydrogen-bond donors (Lipinski definition) is 0. The van der Waals surface area contributed by atoms with Crippen molar-refractivity contribution in [3.8, 4) is 5.69 Å². The van der Waals surface area contributed by atoms with Crippen molar-refractivity contribution in [1.29, 1.82) is 0 Å². The van der Waals surface area contributed by atoms with Crippen LogP contribution in [0.25, 0.3) is 16.6 Å². The number of halogens is 1. The molecule has 0 spiro atoms. The Balaban J connectivity index is 1.79. The number of fused-ring (bicyclic) bond motifs is 1. The van der Waals surface area contributed by atoms with Gasteiger partial charge in [0.15, 0.2) is 0 Å². The van der Waals surface area contributed by atoms with Gasteiger partial charge in [-0.2, -0.15) is 0 Å². The zero-order valence-electron chi connectivity index (χ0n) is 20.6. The molecule has 2 aromatic carbocycles. The number of benzene rings is 2. The Hall–Kier alpha value is -2.51. The van der Waals surface area contributed by atoms with E-state index in [0.717, 1.165) is 16.6 Å². The number of carbonyl (C=O) groups is 1. The molecule has 186 valence electrons. The molecule has 1 atom stereocenters. The van der Waals surface area contributed by atoms with Crippen LogP contribution >= 0.6 is 15.9 Å². The fraction of sp³-hybridized carbons (Fsp3) is 0.464. The third-order valence-corrected chi connectivity index (χ3v) is 7.57. The highest BCUT2D eigenvalue weighted by molar-refractivity contribution is 9.10. The molecule has 1 heterocycles. The maximum Gasteiger partial charge on any atom is 0.266 e. The van der Waals surface area contributed by atoms with Crippen molar-refractivity contribution in [3.05, 3.63) is 69.2 Å². The molecule has 0 N–H and O–H groups in total. The van der Waals surface area contributed by atoms with Gasteiger partial charge in [0.05, 0.1) is 29.2 Å². The summed E-state index contributed by atoms with van der Waals surface area (Å²) < 4.78 is 7.97. The molecule has 4 rings (SSSR count). The summed E-state index contributed by atoms with van der Waals surface area (Å²) in [6, 6.07) is 14.7. The first-order valence-electron chi connectivity index (χ1n) is 12.6. The second kappa shape index (κ2) is 12.0. The van der Waals surface area contributed by atoms with Gasteiger partial charge in [0.2, 0.25) is 5.91 Å². The van der Waals surface area contributed by atoms with E-state index < -0.39 is 0 Å². The molecule has 35 heavy (non-hydrogen) atoms. The van der Waals surface area contributed by atoms with Gasteiger partial charge in [-0.05, 0) is 55.2 Å². The lowest BCUT2D eigenvalue weighted by Gasteiger charge is -2.32. The molecule has 3 aromatic rings. The van der Waals surface area contributed by atoms with Crippen molar-refractivity contribution in [3.63, 3.8) is 0 Å². The van der Waals surface area contributed by atoms with Crippen molar-refractivity contribution >= 4 is 32.7 Å². The lowest BCUT2D eigenvalue weighted by molar-refractivity contribution is -0.135. The smallest absolute Gasteiger partial charge is 0.266 e. The van der Waals surface area contributed by atoms with E-state index >= 15 is 0 Å². The quantitative estimate of drug-likeness (QED) is 0.314. The zero-order valence-corrected chi connectivity index (χ0v) is 22.2. The SMILES string of the molecule is CCC(c1nc2ccccc2c(=O)n1-c1ccc(Br)cc1)N(CCOC)C(=O)CCC1CCCC1. The van der Waals surface area contributed by atoms with Gasteiger partial charge in [0.1, 0.15) is 5.82 Å². The monoisotopic (exact) mass is 539 g/mol. The molecule has 0 bridgehead atoms. The molecule has 0 aliphatic heterocycles. The van der Waals surface area contributed by atoms with Gasteiger partial charge in [-0.25, -0.2) is 4.98 Å². The summed E-state index contributed by atoms with van der Waals surface area (Å²) in [6.07, 6.45) is 7.05. The number of amides is 1. The number of methoxy groups -OCH3 is 1. The maximum atomic E-state index is 13.7. The summed E-state index contributed by atoms with van der Waals surface area (Å²) in [7, 11) is 1.65. The summed E-state index contributed by atoms with van der Waals surface area (Å²) in [5.74, 6) is 1.33. The van der Waals surface area contributed by atoms with Crippen LogP contribution in [0.5, 0.6) is 0 Å². The van der Waals surface area contributed by atoms with Crippen molar-refractivity contribution in [2.45, 2.75) is 57.9 Å². The van der Waals surface area contributed by atoms with E-state index in [1.165, 1.54) is 25.7 Å². The number of aromatic nitrogens is 2. The predicted octanol–water partition coefficient (Wildman–Crippen LogP) is 6.04. The Morgan fingerprint density at radius 3 is 2.57 bits per heavy atom. The summed E-state index contributed by atoms with van der Waals surface area (Å²) >= 11 is 3.48. The topological polar surface area (TPSA) is 64.4 Å². The Morgan fingerprint density at radius 1 is 1.17 bits per heavy atom. The predicted molar refractivity (Wildman–Crippen MR) is 143 cm³/mol. The van der Waals surface area contributed by atoms with Crippen molar-refractivity contribution < 1.29 is 9.53 Å². The number of rotatable bonds is 10. The van der Waals surface area contributed by atoms with Gasteiger partial charge < -0.3 is 9.64 Å². The minimum atomic E-state index is -0.345. The Kier molecular flexibility index (Phi) is 8.74. The van der Waals surface area contributed by atoms with Crippen LogP contribution in [0.2, 0.25) is 0 Å². The van der Waals surface area contributed by atoms with Crippen LogP contribution in [-0.4, -0.2) is 40.6 Å². The summed E-state index contributed by atoms with van der Waals surface area (Å²) in [4.78, 5) is 34.2. The van der Waals surface area contributed by atoms with Crippen molar-refractivity contribution in [1.82, 2.24) is 14.5 Å².